The van der Waals surface area contributed by atoms with Crippen LogP contribution >= 0.6 is 0 Å². The van der Waals surface area contributed by atoms with Crippen molar-refractivity contribution in [2.45, 2.75) is 18.9 Å². The Morgan fingerprint density at radius 3 is 2.86 bits per heavy atom. The smallest absolute Gasteiger partial charge is 0.191 e. The van der Waals surface area contributed by atoms with E-state index in [-0.39, 0.29) is 6.10 Å². The van der Waals surface area contributed by atoms with E-state index in [4.69, 9.17) is 4.74 Å². The predicted molar refractivity (Wildman–Crippen MR) is 87.1 cm³/mol. The van der Waals surface area contributed by atoms with Crippen molar-refractivity contribution < 1.29 is 4.74 Å². The van der Waals surface area contributed by atoms with Crippen molar-refractivity contribution in [1.29, 1.82) is 0 Å². The molecule has 1 aromatic rings. The zero-order valence-corrected chi connectivity index (χ0v) is 13.2. The number of nitrogens with zero attached hydrogens (tertiary/aromatic N) is 2. The highest BCUT2D eigenvalue weighted by molar-refractivity contribution is 5.79. The van der Waals surface area contributed by atoms with Gasteiger partial charge in [-0.2, -0.15) is 0 Å². The van der Waals surface area contributed by atoms with Crippen LogP contribution in [0.2, 0.25) is 0 Å². The molecule has 0 saturated carbocycles. The third kappa shape index (κ3) is 4.93. The number of hydrogen-bond donors (Lipinski definition) is 2. The van der Waals surface area contributed by atoms with Crippen molar-refractivity contribution in [1.82, 2.24) is 15.5 Å². The van der Waals surface area contributed by atoms with E-state index in [9.17, 15) is 0 Å². The van der Waals surface area contributed by atoms with E-state index < -0.39 is 0 Å². The van der Waals surface area contributed by atoms with E-state index in [2.05, 4.69) is 46.8 Å². The zero-order valence-electron chi connectivity index (χ0n) is 13.2. The topological polar surface area (TPSA) is 48.9 Å². The number of nitrogens with one attached hydrogen (secondary N) is 2. The van der Waals surface area contributed by atoms with Crippen LogP contribution < -0.4 is 15.4 Å². The van der Waals surface area contributed by atoms with E-state index in [1.807, 2.05) is 12.1 Å². The normalized spacial score (nSPS) is 17.5. The lowest BCUT2D eigenvalue weighted by Gasteiger charge is -2.16. The fourth-order valence-electron chi connectivity index (χ4n) is 2.40. The van der Waals surface area contributed by atoms with Gasteiger partial charge < -0.3 is 20.3 Å². The van der Waals surface area contributed by atoms with Crippen LogP contribution in [-0.2, 0) is 6.42 Å². The lowest BCUT2D eigenvalue weighted by molar-refractivity contribution is 0.235. The van der Waals surface area contributed by atoms with Crippen LogP contribution in [0.1, 0.15) is 12.0 Å². The fraction of sp³-hybridized carbons (Fsp3) is 0.562. The van der Waals surface area contributed by atoms with Gasteiger partial charge in [0.05, 0.1) is 6.54 Å². The van der Waals surface area contributed by atoms with Crippen LogP contribution in [0.3, 0.4) is 0 Å². The molecule has 5 heteroatoms. The minimum Gasteiger partial charge on any atom is -0.488 e. The Hall–Kier alpha value is -1.75. The van der Waals surface area contributed by atoms with Crippen LogP contribution in [0.25, 0.3) is 0 Å². The van der Waals surface area contributed by atoms with Gasteiger partial charge in [-0.25, -0.2) is 0 Å². The molecule has 2 N–H and O–H groups in total. The van der Waals surface area contributed by atoms with Crippen LogP contribution in [-0.4, -0.2) is 57.7 Å². The first-order valence-corrected chi connectivity index (χ1v) is 7.53. The second-order valence-electron chi connectivity index (χ2n) is 5.59. The molecule has 0 fully saturated rings. The number of guanidine groups is 1. The quantitative estimate of drug-likeness (QED) is 0.468. The molecule has 0 aliphatic carbocycles. The van der Waals surface area contributed by atoms with E-state index >= 15 is 0 Å². The molecule has 0 radical (unpaired) electrons. The molecule has 0 aromatic heterocycles. The Morgan fingerprint density at radius 2 is 2.14 bits per heavy atom. The largest absolute Gasteiger partial charge is 0.488 e. The number of aliphatic imine (C=N–C) groups is 1. The van der Waals surface area contributed by atoms with Gasteiger partial charge in [0.2, 0.25) is 0 Å². The minimum absolute atomic E-state index is 0.183. The summed E-state index contributed by atoms with van der Waals surface area (Å²) in [6.07, 6.45) is 2.24. The van der Waals surface area contributed by atoms with E-state index in [0.29, 0.717) is 0 Å². The second kappa shape index (κ2) is 7.88. The molecule has 0 bridgehead atoms. The lowest BCUT2D eigenvalue weighted by atomic mass is 10.1. The summed E-state index contributed by atoms with van der Waals surface area (Å²) >= 11 is 0. The number of para-hydroxylation sites is 1. The Kier molecular flexibility index (Phi) is 5.87. The molecule has 5 nitrogen and oxygen atoms in total. The summed E-state index contributed by atoms with van der Waals surface area (Å²) < 4.78 is 5.91. The molecule has 1 aromatic carbocycles. The van der Waals surface area contributed by atoms with E-state index in [1.165, 1.54) is 5.56 Å². The van der Waals surface area contributed by atoms with Gasteiger partial charge in [-0.05, 0) is 38.7 Å². The SMILES string of the molecule is CN=C(NCCCN(C)C)NCC1Cc2ccccc2O1. The van der Waals surface area contributed by atoms with Gasteiger partial charge in [0, 0.05) is 20.0 Å². The Bertz CT molecular complexity index is 448. The highest BCUT2D eigenvalue weighted by atomic mass is 16.5. The highest BCUT2D eigenvalue weighted by Gasteiger charge is 2.22. The summed E-state index contributed by atoms with van der Waals surface area (Å²) in [7, 11) is 5.97. The van der Waals surface area contributed by atoms with Crippen molar-refractivity contribution in [3.63, 3.8) is 0 Å². The Balaban J connectivity index is 1.68. The van der Waals surface area contributed by atoms with Crippen LogP contribution in [0.15, 0.2) is 29.3 Å². The van der Waals surface area contributed by atoms with Gasteiger partial charge in [-0.3, -0.25) is 4.99 Å². The molecule has 2 rings (SSSR count). The van der Waals surface area contributed by atoms with Gasteiger partial charge in [0.1, 0.15) is 11.9 Å². The molecule has 116 valence electrons. The van der Waals surface area contributed by atoms with Gasteiger partial charge >= 0.3 is 0 Å². The first kappa shape index (κ1) is 15.6. The Labute approximate surface area is 127 Å². The fourth-order valence-corrected chi connectivity index (χ4v) is 2.40. The molecule has 0 amide bonds. The summed E-state index contributed by atoms with van der Waals surface area (Å²) in [4.78, 5) is 6.42. The van der Waals surface area contributed by atoms with Gasteiger partial charge in [-0.1, -0.05) is 18.2 Å². The maximum absolute atomic E-state index is 5.91. The standard InChI is InChI=1S/C16H26N4O/c1-17-16(18-9-6-10-20(2)3)19-12-14-11-13-7-4-5-8-15(13)21-14/h4-5,7-8,14H,6,9-12H2,1-3H3,(H2,17,18,19). The summed E-state index contributed by atoms with van der Waals surface area (Å²) in [5, 5.41) is 6.66. The van der Waals surface area contributed by atoms with E-state index in [0.717, 1.165) is 44.2 Å². The number of ether oxygens (including phenoxy) is 1. The van der Waals surface area contributed by atoms with Gasteiger partial charge in [-0.15, -0.1) is 0 Å². The first-order chi connectivity index (χ1) is 10.2. The number of benzene rings is 1. The molecule has 1 aliphatic heterocycles. The molecule has 1 unspecified atom stereocenters. The molecule has 1 atom stereocenters. The van der Waals surface area contributed by atoms with Crippen molar-refractivity contribution in [3.8, 4) is 5.75 Å². The molecule has 21 heavy (non-hydrogen) atoms. The minimum atomic E-state index is 0.183. The monoisotopic (exact) mass is 290 g/mol. The molecule has 0 saturated heterocycles. The maximum Gasteiger partial charge on any atom is 0.191 e. The molecular weight excluding hydrogens is 264 g/mol. The summed E-state index contributed by atoms with van der Waals surface area (Å²) in [6, 6.07) is 8.23. The molecule has 1 heterocycles. The van der Waals surface area contributed by atoms with Gasteiger partial charge in [0.25, 0.3) is 0 Å². The summed E-state index contributed by atoms with van der Waals surface area (Å²) in [6.45, 7) is 2.76. The van der Waals surface area contributed by atoms with E-state index in [1.54, 1.807) is 7.05 Å². The highest BCUT2D eigenvalue weighted by Crippen LogP contribution is 2.27. The molecule has 1 aliphatic rings. The van der Waals surface area contributed by atoms with Crippen molar-refractivity contribution >= 4 is 5.96 Å². The molecular formula is C16H26N4O. The van der Waals surface area contributed by atoms with Crippen molar-refractivity contribution in [2.24, 2.45) is 4.99 Å². The van der Waals surface area contributed by atoms with Crippen LogP contribution in [0.4, 0.5) is 0 Å². The average Bonchev–Trinajstić information content (AvgIpc) is 2.89. The van der Waals surface area contributed by atoms with Crippen molar-refractivity contribution in [2.75, 3.05) is 40.8 Å². The number of fused-ring (bicyclic) bond motifs is 1. The summed E-state index contributed by atoms with van der Waals surface area (Å²) in [5.41, 5.74) is 1.29. The average molecular weight is 290 g/mol. The van der Waals surface area contributed by atoms with Gasteiger partial charge in [0.15, 0.2) is 5.96 Å². The first-order valence-electron chi connectivity index (χ1n) is 7.53. The second-order valence-corrected chi connectivity index (χ2v) is 5.59. The maximum atomic E-state index is 5.91. The Morgan fingerprint density at radius 1 is 1.33 bits per heavy atom. The zero-order chi connectivity index (χ0) is 15.1. The third-order valence-corrected chi connectivity index (χ3v) is 3.51. The predicted octanol–water partition coefficient (Wildman–Crippen LogP) is 1.11. The summed E-state index contributed by atoms with van der Waals surface area (Å²) in [5.74, 6) is 1.85. The lowest BCUT2D eigenvalue weighted by Crippen LogP contribution is -2.42. The van der Waals surface area contributed by atoms with Crippen LogP contribution in [0.5, 0.6) is 5.75 Å². The number of rotatable bonds is 6. The third-order valence-electron chi connectivity index (χ3n) is 3.51. The van der Waals surface area contributed by atoms with Crippen LogP contribution in [0, 0.1) is 0 Å². The molecule has 0 spiro atoms. The van der Waals surface area contributed by atoms with Crippen molar-refractivity contribution in [3.05, 3.63) is 29.8 Å². The number of hydrogen-bond acceptors (Lipinski definition) is 3.